The van der Waals surface area contributed by atoms with Gasteiger partial charge < -0.3 is 15.3 Å². The third-order valence-electron chi connectivity index (χ3n) is 5.28. The Kier molecular flexibility index (Phi) is 5.34. The number of carbonyl (C=O) groups excluding carboxylic acids is 1. The molecular formula is C19H28N2O2. The van der Waals surface area contributed by atoms with E-state index in [1.165, 1.54) is 11.1 Å². The number of hydrogen-bond acceptors (Lipinski definition) is 3. The number of benzene rings is 1. The largest absolute Gasteiger partial charge is 0.391 e. The smallest absolute Gasteiger partial charge is 0.226 e. The van der Waals surface area contributed by atoms with Crippen LogP contribution in [0.3, 0.4) is 0 Å². The van der Waals surface area contributed by atoms with Gasteiger partial charge >= 0.3 is 0 Å². The standard InChI is InChI=1S/C19H28N2O2/c1-14-4-6-15(7-5-14)13-17-18(22)3-2-12-21(17)19(23)16-8-10-20-11-9-16/h4-7,16-18,20,22H,2-3,8-13H2,1H3/t17-,18-/m0/s1. The highest BCUT2D eigenvalue weighted by atomic mass is 16.3. The van der Waals surface area contributed by atoms with Crippen LogP contribution < -0.4 is 5.32 Å². The molecule has 0 unspecified atom stereocenters. The number of nitrogens with one attached hydrogen (secondary N) is 1. The molecule has 2 aliphatic rings. The van der Waals surface area contributed by atoms with Crippen LogP contribution in [0, 0.1) is 12.8 Å². The monoisotopic (exact) mass is 316 g/mol. The highest BCUT2D eigenvalue weighted by molar-refractivity contribution is 5.79. The topological polar surface area (TPSA) is 52.6 Å². The summed E-state index contributed by atoms with van der Waals surface area (Å²) >= 11 is 0. The zero-order chi connectivity index (χ0) is 16.2. The van der Waals surface area contributed by atoms with E-state index < -0.39 is 6.10 Å². The van der Waals surface area contributed by atoms with E-state index in [2.05, 4.69) is 36.5 Å². The quantitative estimate of drug-likeness (QED) is 0.895. The van der Waals surface area contributed by atoms with Crippen molar-refractivity contribution in [2.75, 3.05) is 19.6 Å². The fraction of sp³-hybridized carbons (Fsp3) is 0.632. The second kappa shape index (κ2) is 7.45. The summed E-state index contributed by atoms with van der Waals surface area (Å²) in [6, 6.07) is 8.36. The third kappa shape index (κ3) is 3.93. The molecule has 1 amide bonds. The first-order chi connectivity index (χ1) is 11.1. The molecule has 126 valence electrons. The summed E-state index contributed by atoms with van der Waals surface area (Å²) in [5, 5.41) is 13.8. The molecule has 23 heavy (non-hydrogen) atoms. The molecule has 2 heterocycles. The average molecular weight is 316 g/mol. The van der Waals surface area contributed by atoms with Crippen LogP contribution in [-0.4, -0.2) is 47.7 Å². The van der Waals surface area contributed by atoms with E-state index in [1.54, 1.807) is 0 Å². The number of likely N-dealkylation sites (tertiary alicyclic amines) is 1. The van der Waals surface area contributed by atoms with Gasteiger partial charge in [0, 0.05) is 12.5 Å². The lowest BCUT2D eigenvalue weighted by Gasteiger charge is -2.41. The van der Waals surface area contributed by atoms with E-state index in [0.717, 1.165) is 51.7 Å². The normalized spacial score (nSPS) is 26.3. The van der Waals surface area contributed by atoms with Crippen molar-refractivity contribution in [3.63, 3.8) is 0 Å². The summed E-state index contributed by atoms with van der Waals surface area (Å²) in [5.41, 5.74) is 2.44. The second-order valence-corrected chi connectivity index (χ2v) is 7.02. The van der Waals surface area contributed by atoms with E-state index in [9.17, 15) is 9.90 Å². The number of hydrogen-bond donors (Lipinski definition) is 2. The van der Waals surface area contributed by atoms with Crippen LogP contribution in [0.1, 0.15) is 36.8 Å². The molecule has 2 saturated heterocycles. The number of aliphatic hydroxyl groups excluding tert-OH is 1. The van der Waals surface area contributed by atoms with E-state index in [0.29, 0.717) is 0 Å². The first-order valence-corrected chi connectivity index (χ1v) is 8.90. The Morgan fingerprint density at radius 1 is 1.22 bits per heavy atom. The number of piperidine rings is 2. The van der Waals surface area contributed by atoms with Crippen LogP contribution in [0.2, 0.25) is 0 Å². The Bertz CT molecular complexity index is 523. The SMILES string of the molecule is Cc1ccc(C[C@H]2[C@@H](O)CCCN2C(=O)C2CCNCC2)cc1. The molecule has 2 atom stereocenters. The maximum Gasteiger partial charge on any atom is 0.226 e. The molecule has 0 spiro atoms. The minimum absolute atomic E-state index is 0.0751. The van der Waals surface area contributed by atoms with Crippen molar-refractivity contribution in [2.24, 2.45) is 5.92 Å². The molecule has 3 rings (SSSR count). The fourth-order valence-corrected chi connectivity index (χ4v) is 3.83. The van der Waals surface area contributed by atoms with E-state index in [1.807, 2.05) is 4.90 Å². The molecule has 0 bridgehead atoms. The number of rotatable bonds is 3. The van der Waals surface area contributed by atoms with E-state index >= 15 is 0 Å². The number of amides is 1. The molecule has 0 aromatic heterocycles. The van der Waals surface area contributed by atoms with Crippen molar-refractivity contribution in [3.05, 3.63) is 35.4 Å². The third-order valence-corrected chi connectivity index (χ3v) is 5.28. The maximum atomic E-state index is 12.9. The lowest BCUT2D eigenvalue weighted by atomic mass is 9.89. The molecule has 0 radical (unpaired) electrons. The Labute approximate surface area is 138 Å². The van der Waals surface area contributed by atoms with Crippen molar-refractivity contribution in [1.29, 1.82) is 0 Å². The first-order valence-electron chi connectivity index (χ1n) is 8.90. The summed E-state index contributed by atoms with van der Waals surface area (Å²) in [4.78, 5) is 14.9. The zero-order valence-electron chi connectivity index (χ0n) is 14.0. The highest BCUT2D eigenvalue weighted by Crippen LogP contribution is 2.25. The number of carbonyl (C=O) groups is 1. The Morgan fingerprint density at radius 2 is 1.91 bits per heavy atom. The molecule has 1 aromatic rings. The number of nitrogens with zero attached hydrogens (tertiary/aromatic N) is 1. The predicted octanol–water partition coefficient (Wildman–Crippen LogP) is 1.89. The van der Waals surface area contributed by atoms with Crippen LogP contribution in [0.25, 0.3) is 0 Å². The van der Waals surface area contributed by atoms with Crippen LogP contribution in [0.15, 0.2) is 24.3 Å². The van der Waals surface area contributed by atoms with Crippen LogP contribution in [-0.2, 0) is 11.2 Å². The minimum atomic E-state index is -0.407. The number of aliphatic hydroxyl groups is 1. The summed E-state index contributed by atoms with van der Waals surface area (Å²) in [6.45, 7) is 4.72. The molecule has 1 aromatic carbocycles. The molecule has 0 saturated carbocycles. The lowest BCUT2D eigenvalue weighted by molar-refractivity contribution is -0.144. The molecule has 2 aliphatic heterocycles. The fourth-order valence-electron chi connectivity index (χ4n) is 3.83. The van der Waals surface area contributed by atoms with E-state index in [4.69, 9.17) is 0 Å². The molecular weight excluding hydrogens is 288 g/mol. The van der Waals surface area contributed by atoms with Crippen molar-refractivity contribution >= 4 is 5.91 Å². The second-order valence-electron chi connectivity index (χ2n) is 7.02. The van der Waals surface area contributed by atoms with Crippen LogP contribution >= 0.6 is 0 Å². The predicted molar refractivity (Wildman–Crippen MR) is 91.2 cm³/mol. The van der Waals surface area contributed by atoms with Gasteiger partial charge in [-0.2, -0.15) is 0 Å². The molecule has 4 nitrogen and oxygen atoms in total. The maximum absolute atomic E-state index is 12.9. The Morgan fingerprint density at radius 3 is 2.61 bits per heavy atom. The van der Waals surface area contributed by atoms with Gasteiger partial charge in [0.05, 0.1) is 12.1 Å². The van der Waals surface area contributed by atoms with Gasteiger partial charge in [0.2, 0.25) is 5.91 Å². The van der Waals surface area contributed by atoms with Gasteiger partial charge in [0.1, 0.15) is 0 Å². The number of aryl methyl sites for hydroxylation is 1. The highest BCUT2D eigenvalue weighted by Gasteiger charge is 2.36. The molecule has 2 N–H and O–H groups in total. The lowest BCUT2D eigenvalue weighted by Crippen LogP contribution is -2.54. The van der Waals surface area contributed by atoms with Crippen molar-refractivity contribution in [1.82, 2.24) is 10.2 Å². The summed E-state index contributed by atoms with van der Waals surface area (Å²) < 4.78 is 0. The van der Waals surface area contributed by atoms with Gasteiger partial charge in [0.25, 0.3) is 0 Å². The van der Waals surface area contributed by atoms with Gasteiger partial charge in [-0.3, -0.25) is 4.79 Å². The average Bonchev–Trinajstić information content (AvgIpc) is 2.59. The minimum Gasteiger partial charge on any atom is -0.391 e. The first kappa shape index (κ1) is 16.5. The van der Waals surface area contributed by atoms with Crippen LogP contribution in [0.4, 0.5) is 0 Å². The van der Waals surface area contributed by atoms with Crippen molar-refractivity contribution in [3.8, 4) is 0 Å². The summed E-state index contributed by atoms with van der Waals surface area (Å²) in [5.74, 6) is 0.379. The summed E-state index contributed by atoms with van der Waals surface area (Å²) in [6.07, 6.45) is 3.88. The Hall–Kier alpha value is -1.39. The van der Waals surface area contributed by atoms with Gasteiger partial charge in [-0.05, 0) is 57.7 Å². The zero-order valence-corrected chi connectivity index (χ0v) is 14.0. The van der Waals surface area contributed by atoms with Gasteiger partial charge in [-0.1, -0.05) is 29.8 Å². The molecule has 2 fully saturated rings. The molecule has 4 heteroatoms. The van der Waals surface area contributed by atoms with E-state index in [-0.39, 0.29) is 17.9 Å². The van der Waals surface area contributed by atoms with Gasteiger partial charge in [-0.15, -0.1) is 0 Å². The van der Waals surface area contributed by atoms with Crippen molar-refractivity contribution in [2.45, 2.75) is 51.2 Å². The van der Waals surface area contributed by atoms with Crippen molar-refractivity contribution < 1.29 is 9.90 Å². The molecule has 0 aliphatic carbocycles. The van der Waals surface area contributed by atoms with Gasteiger partial charge in [-0.25, -0.2) is 0 Å². The summed E-state index contributed by atoms with van der Waals surface area (Å²) in [7, 11) is 0. The van der Waals surface area contributed by atoms with Gasteiger partial charge in [0.15, 0.2) is 0 Å². The Balaban J connectivity index is 1.73. The van der Waals surface area contributed by atoms with Crippen LogP contribution in [0.5, 0.6) is 0 Å².